The van der Waals surface area contributed by atoms with Gasteiger partial charge in [-0.1, -0.05) is 18.6 Å². The monoisotopic (exact) mass is 401 g/mol. The molecule has 0 atom stereocenters. The first-order valence-corrected chi connectivity index (χ1v) is 11.2. The Kier molecular flexibility index (Phi) is 10.4. The molecule has 0 bridgehead atoms. The first-order chi connectivity index (χ1) is 14.1. The number of hydrogen-bond acceptors (Lipinski definition) is 3. The van der Waals surface area contributed by atoms with E-state index in [9.17, 15) is 4.79 Å². The Bertz CT molecular complexity index is 627. The van der Waals surface area contributed by atoms with Crippen LogP contribution in [0.1, 0.15) is 51.0 Å². The number of nitrogens with one attached hydrogen (secondary N) is 2. The molecule has 2 N–H and O–H groups in total. The van der Waals surface area contributed by atoms with Crippen molar-refractivity contribution in [3.05, 3.63) is 29.8 Å². The second-order valence-electron chi connectivity index (χ2n) is 7.90. The smallest absolute Gasteiger partial charge is 0.222 e. The number of hydrogen-bond donors (Lipinski definition) is 2. The normalized spacial score (nSPS) is 15.2. The summed E-state index contributed by atoms with van der Waals surface area (Å²) in [5, 5.41) is 6.74. The van der Waals surface area contributed by atoms with E-state index in [0.717, 1.165) is 70.8 Å². The van der Waals surface area contributed by atoms with E-state index in [2.05, 4.69) is 65.8 Å². The number of anilines is 1. The van der Waals surface area contributed by atoms with Gasteiger partial charge in [0.2, 0.25) is 5.91 Å². The van der Waals surface area contributed by atoms with Gasteiger partial charge in [-0.15, -0.1) is 0 Å². The van der Waals surface area contributed by atoms with Crippen molar-refractivity contribution in [1.29, 1.82) is 0 Å². The third kappa shape index (κ3) is 8.75. The highest BCUT2D eigenvalue weighted by molar-refractivity contribution is 5.79. The van der Waals surface area contributed by atoms with E-state index in [-0.39, 0.29) is 0 Å². The van der Waals surface area contributed by atoms with E-state index in [1.54, 1.807) is 0 Å². The summed E-state index contributed by atoms with van der Waals surface area (Å²) in [5.74, 6) is 1.19. The fraction of sp³-hybridized carbons (Fsp3) is 0.652. The summed E-state index contributed by atoms with van der Waals surface area (Å²) in [7, 11) is 4.12. The molecule has 1 aromatic carbocycles. The zero-order valence-corrected chi connectivity index (χ0v) is 18.5. The summed E-state index contributed by atoms with van der Waals surface area (Å²) >= 11 is 0. The van der Waals surface area contributed by atoms with Gasteiger partial charge in [0, 0.05) is 58.9 Å². The zero-order valence-electron chi connectivity index (χ0n) is 18.5. The maximum Gasteiger partial charge on any atom is 0.222 e. The summed E-state index contributed by atoms with van der Waals surface area (Å²) in [6.07, 6.45) is 7.10. The van der Waals surface area contributed by atoms with Crippen molar-refractivity contribution in [3.63, 3.8) is 0 Å². The zero-order chi connectivity index (χ0) is 20.9. The molecule has 0 aromatic heterocycles. The minimum Gasteiger partial charge on any atom is -0.378 e. The molecular formula is C23H39N5O. The van der Waals surface area contributed by atoms with Crippen LogP contribution < -0.4 is 15.5 Å². The van der Waals surface area contributed by atoms with Gasteiger partial charge >= 0.3 is 0 Å². The Hall–Kier alpha value is -2.24. The van der Waals surface area contributed by atoms with Gasteiger partial charge < -0.3 is 20.4 Å². The van der Waals surface area contributed by atoms with Gasteiger partial charge in [-0.25, -0.2) is 0 Å². The van der Waals surface area contributed by atoms with Crippen LogP contribution in [0.4, 0.5) is 5.69 Å². The Morgan fingerprint density at radius 1 is 1.10 bits per heavy atom. The number of benzene rings is 1. The largest absolute Gasteiger partial charge is 0.378 e. The van der Waals surface area contributed by atoms with Crippen molar-refractivity contribution in [2.75, 3.05) is 51.7 Å². The fourth-order valence-electron chi connectivity index (χ4n) is 3.53. The molecule has 0 spiro atoms. The van der Waals surface area contributed by atoms with Crippen LogP contribution in [-0.2, 0) is 11.2 Å². The van der Waals surface area contributed by atoms with Crippen LogP contribution in [0.3, 0.4) is 0 Å². The third-order valence-corrected chi connectivity index (χ3v) is 5.26. The number of guanidine groups is 1. The Morgan fingerprint density at radius 3 is 2.62 bits per heavy atom. The first kappa shape index (κ1) is 23.0. The van der Waals surface area contributed by atoms with Gasteiger partial charge in [-0.05, 0) is 56.7 Å². The minimum atomic E-state index is 0.315. The first-order valence-electron chi connectivity index (χ1n) is 11.2. The van der Waals surface area contributed by atoms with Crippen LogP contribution in [0.15, 0.2) is 29.3 Å². The lowest BCUT2D eigenvalue weighted by atomic mass is 10.1. The predicted molar refractivity (Wildman–Crippen MR) is 123 cm³/mol. The summed E-state index contributed by atoms with van der Waals surface area (Å²) < 4.78 is 0. The van der Waals surface area contributed by atoms with Gasteiger partial charge in [-0.2, -0.15) is 0 Å². The number of aliphatic imine (C=N–C) groups is 1. The van der Waals surface area contributed by atoms with Gasteiger partial charge in [0.15, 0.2) is 5.96 Å². The highest BCUT2D eigenvalue weighted by atomic mass is 16.2. The number of rotatable bonds is 10. The quantitative estimate of drug-likeness (QED) is 0.359. The average Bonchev–Trinajstić information content (AvgIpc) is 2.92. The Labute approximate surface area is 176 Å². The third-order valence-electron chi connectivity index (χ3n) is 5.26. The van der Waals surface area contributed by atoms with Gasteiger partial charge in [0.25, 0.3) is 0 Å². The molecule has 0 saturated carbocycles. The molecule has 2 rings (SSSR count). The van der Waals surface area contributed by atoms with E-state index >= 15 is 0 Å². The van der Waals surface area contributed by atoms with Crippen molar-refractivity contribution in [2.45, 2.75) is 51.9 Å². The second kappa shape index (κ2) is 13.1. The Balaban J connectivity index is 1.68. The van der Waals surface area contributed by atoms with Crippen LogP contribution in [0.25, 0.3) is 0 Å². The standard InChI is InChI=1S/C23H39N5O/c1-4-24-23(26-17-9-19-28-18-7-5-6-11-22(28)29)25-16-8-10-20-12-14-21(15-13-20)27(2)3/h12-15H,4-11,16-19H2,1-3H3,(H2,24,25,26). The lowest BCUT2D eigenvalue weighted by Crippen LogP contribution is -2.38. The number of nitrogens with zero attached hydrogens (tertiary/aromatic N) is 3. The lowest BCUT2D eigenvalue weighted by molar-refractivity contribution is -0.130. The van der Waals surface area contributed by atoms with Crippen LogP contribution >= 0.6 is 0 Å². The highest BCUT2D eigenvalue weighted by Crippen LogP contribution is 2.13. The van der Waals surface area contributed by atoms with Crippen molar-refractivity contribution in [3.8, 4) is 0 Å². The highest BCUT2D eigenvalue weighted by Gasteiger charge is 2.15. The molecule has 29 heavy (non-hydrogen) atoms. The second-order valence-corrected chi connectivity index (χ2v) is 7.90. The van der Waals surface area contributed by atoms with Crippen LogP contribution in [-0.4, -0.2) is 63.6 Å². The van der Waals surface area contributed by atoms with Crippen molar-refractivity contribution in [1.82, 2.24) is 15.5 Å². The van der Waals surface area contributed by atoms with Crippen LogP contribution in [0, 0.1) is 0 Å². The molecule has 1 amide bonds. The molecule has 0 unspecified atom stereocenters. The van der Waals surface area contributed by atoms with Crippen molar-refractivity contribution < 1.29 is 4.79 Å². The van der Waals surface area contributed by atoms with Gasteiger partial charge in [0.05, 0.1) is 0 Å². The summed E-state index contributed by atoms with van der Waals surface area (Å²) in [6.45, 7) is 6.31. The predicted octanol–water partition coefficient (Wildman–Crippen LogP) is 3.03. The molecule has 1 aromatic rings. The van der Waals surface area contributed by atoms with E-state index in [0.29, 0.717) is 12.3 Å². The maximum atomic E-state index is 12.1. The molecule has 1 fully saturated rings. The molecule has 1 aliphatic heterocycles. The van der Waals surface area contributed by atoms with Crippen molar-refractivity contribution >= 4 is 17.6 Å². The van der Waals surface area contributed by atoms with Gasteiger partial charge in [-0.3, -0.25) is 9.79 Å². The van der Waals surface area contributed by atoms with Crippen molar-refractivity contribution in [2.24, 2.45) is 4.99 Å². The van der Waals surface area contributed by atoms with E-state index in [4.69, 9.17) is 0 Å². The number of aryl methyl sites for hydroxylation is 1. The molecule has 0 aliphatic carbocycles. The summed E-state index contributed by atoms with van der Waals surface area (Å²) in [6, 6.07) is 8.75. The molecule has 0 radical (unpaired) electrons. The Morgan fingerprint density at radius 2 is 1.90 bits per heavy atom. The van der Waals surface area contributed by atoms with Gasteiger partial charge in [0.1, 0.15) is 0 Å². The molecule has 6 nitrogen and oxygen atoms in total. The molecule has 1 aliphatic rings. The maximum absolute atomic E-state index is 12.1. The fourth-order valence-corrected chi connectivity index (χ4v) is 3.53. The van der Waals surface area contributed by atoms with Crippen LogP contribution in [0.2, 0.25) is 0 Å². The molecular weight excluding hydrogens is 362 g/mol. The SMILES string of the molecule is CCNC(=NCCCN1CCCCCC1=O)NCCCc1ccc(N(C)C)cc1. The average molecular weight is 402 g/mol. The van der Waals surface area contributed by atoms with E-state index in [1.807, 2.05) is 4.90 Å². The number of carbonyl (C=O) groups excluding carboxylic acids is 1. The minimum absolute atomic E-state index is 0.315. The molecule has 6 heteroatoms. The number of carbonyl (C=O) groups is 1. The summed E-state index contributed by atoms with van der Waals surface area (Å²) in [5.41, 5.74) is 2.59. The topological polar surface area (TPSA) is 60.0 Å². The van der Waals surface area contributed by atoms with E-state index < -0.39 is 0 Å². The molecule has 1 heterocycles. The van der Waals surface area contributed by atoms with Crippen LogP contribution in [0.5, 0.6) is 0 Å². The number of amides is 1. The van der Waals surface area contributed by atoms with E-state index in [1.165, 1.54) is 17.7 Å². The lowest BCUT2D eigenvalue weighted by Gasteiger charge is -2.20. The number of likely N-dealkylation sites (tertiary alicyclic amines) is 1. The molecule has 1 saturated heterocycles. The molecule has 162 valence electrons. The summed E-state index contributed by atoms with van der Waals surface area (Å²) in [4.78, 5) is 20.9.